The largest absolute Gasteiger partial charge is 0.350 e. The molecule has 6 rings (SSSR count). The Balaban J connectivity index is 1.44. The third-order valence-electron chi connectivity index (χ3n) is 7.41. The normalized spacial score (nSPS) is 17.2. The van der Waals surface area contributed by atoms with Crippen molar-refractivity contribution in [3.63, 3.8) is 0 Å². The zero-order valence-corrected chi connectivity index (χ0v) is 24.1. The van der Waals surface area contributed by atoms with Crippen LogP contribution in [-0.2, 0) is 19.9 Å². The number of rotatable bonds is 6. The molecule has 0 N–H and O–H groups in total. The van der Waals surface area contributed by atoms with E-state index in [1.54, 1.807) is 9.80 Å². The first-order valence-corrected chi connectivity index (χ1v) is 16.4. The number of halogens is 4. The lowest BCUT2D eigenvalue weighted by Gasteiger charge is -2.43. The summed E-state index contributed by atoms with van der Waals surface area (Å²) in [7, 11) is -8.34. The van der Waals surface area contributed by atoms with E-state index < -0.39 is 53.9 Å². The number of hydrogen-bond donors (Lipinski definition) is 0. The fourth-order valence-electron chi connectivity index (χ4n) is 5.11. The van der Waals surface area contributed by atoms with Crippen LogP contribution in [0.5, 0.6) is 0 Å². The Kier molecular flexibility index (Phi) is 6.39. The molecular weight excluding hydrogens is 606 g/mol. The summed E-state index contributed by atoms with van der Waals surface area (Å²) < 4.78 is 110. The van der Waals surface area contributed by atoms with Crippen molar-refractivity contribution in [2.75, 3.05) is 29.4 Å². The lowest BCUT2D eigenvalue weighted by atomic mass is 10.1. The van der Waals surface area contributed by atoms with Gasteiger partial charge >= 0.3 is 0 Å². The number of benzene rings is 1. The number of piperazine rings is 1. The third kappa shape index (κ3) is 4.46. The minimum absolute atomic E-state index is 0.0302. The van der Waals surface area contributed by atoms with Gasteiger partial charge in [0.1, 0.15) is 25.9 Å². The number of hydrogen-bond acceptors (Lipinski definition) is 9. The van der Waals surface area contributed by atoms with Crippen molar-refractivity contribution >= 4 is 53.7 Å². The molecule has 0 radical (unpaired) electrons. The van der Waals surface area contributed by atoms with E-state index in [0.29, 0.717) is 34.3 Å². The Hall–Kier alpha value is -3.24. The van der Waals surface area contributed by atoms with Crippen LogP contribution in [0.3, 0.4) is 0 Å². The highest BCUT2D eigenvalue weighted by Crippen LogP contribution is 2.49. The van der Waals surface area contributed by atoms with Crippen LogP contribution in [0.4, 0.5) is 29.2 Å². The van der Waals surface area contributed by atoms with Crippen molar-refractivity contribution in [2.24, 2.45) is 0 Å². The first-order chi connectivity index (χ1) is 19.2. The molecule has 218 valence electrons. The smallest absolute Gasteiger partial charge is 0.293 e. The van der Waals surface area contributed by atoms with E-state index >= 15 is 4.39 Å². The third-order valence-corrected chi connectivity index (χ3v) is 13.2. The van der Waals surface area contributed by atoms with Crippen LogP contribution in [0, 0.1) is 23.3 Å². The minimum Gasteiger partial charge on any atom is -0.350 e. The maximum atomic E-state index is 15.3. The molecule has 41 heavy (non-hydrogen) atoms. The van der Waals surface area contributed by atoms with Gasteiger partial charge in [-0.15, -0.1) is 16.4 Å². The quantitative estimate of drug-likeness (QED) is 0.291. The fraction of sp³-hybridized carbons (Fsp3) is 0.360. The molecule has 1 spiro atoms. The lowest BCUT2D eigenvalue weighted by Crippen LogP contribution is -2.56. The predicted molar refractivity (Wildman–Crippen MR) is 145 cm³/mol. The number of thiophene rings is 1. The van der Waals surface area contributed by atoms with Crippen molar-refractivity contribution in [2.45, 2.75) is 45.9 Å². The summed E-state index contributed by atoms with van der Waals surface area (Å²) in [4.78, 5) is 7.27. The average molecular weight is 630 g/mol. The van der Waals surface area contributed by atoms with Crippen LogP contribution in [0.25, 0.3) is 10.9 Å². The summed E-state index contributed by atoms with van der Waals surface area (Å²) in [6, 6.07) is 4.54. The molecule has 3 aromatic heterocycles. The van der Waals surface area contributed by atoms with Gasteiger partial charge in [-0.2, -0.15) is 12.5 Å². The monoisotopic (exact) mass is 629 g/mol. The van der Waals surface area contributed by atoms with Crippen LogP contribution in [0.2, 0.25) is 0 Å². The molecule has 4 heterocycles. The Labute approximate surface area is 237 Å². The van der Waals surface area contributed by atoms with Gasteiger partial charge in [0.2, 0.25) is 0 Å². The van der Waals surface area contributed by atoms with Gasteiger partial charge < -0.3 is 9.80 Å². The van der Waals surface area contributed by atoms with Crippen molar-refractivity contribution in [1.82, 2.24) is 14.2 Å². The molecule has 1 aliphatic carbocycles. The fourth-order valence-corrected chi connectivity index (χ4v) is 9.67. The second kappa shape index (κ2) is 9.39. The summed E-state index contributed by atoms with van der Waals surface area (Å²) in [5.74, 6) is -3.74. The standard InChI is InChI=1S/C25H23F4N5O4S3/c1-14(2)40(35,36)20-3-4-21(39-20)41(37,38)34-19-11-15(26)9-17(28)22(19)24(31-34)33-8-7-32(13-25(33)5-6-25)23-18(29)10-16(27)12-30-23/h3-4,9-12,14H,5-8,13H2,1-2H3. The Morgan fingerprint density at radius 1 is 0.902 bits per heavy atom. The SMILES string of the molecule is CC(C)S(=O)(=O)c1ccc(S(=O)(=O)n2nc(N3CCN(c4ncc(F)cc4F)CC34CC4)c3c(F)cc(F)cc32)s1. The van der Waals surface area contributed by atoms with Gasteiger partial charge in [0.15, 0.2) is 27.3 Å². The molecule has 0 atom stereocenters. The van der Waals surface area contributed by atoms with E-state index in [4.69, 9.17) is 0 Å². The van der Waals surface area contributed by atoms with E-state index in [2.05, 4.69) is 10.1 Å². The summed E-state index contributed by atoms with van der Waals surface area (Å²) in [6.07, 6.45) is 2.10. The van der Waals surface area contributed by atoms with Gasteiger partial charge in [-0.1, -0.05) is 0 Å². The number of pyridine rings is 1. The first kappa shape index (κ1) is 27.9. The molecule has 0 unspecified atom stereocenters. The highest BCUT2D eigenvalue weighted by atomic mass is 32.3. The van der Waals surface area contributed by atoms with Gasteiger partial charge in [0, 0.05) is 37.8 Å². The van der Waals surface area contributed by atoms with Gasteiger partial charge in [0.05, 0.1) is 27.9 Å². The zero-order valence-electron chi connectivity index (χ0n) is 21.7. The number of fused-ring (bicyclic) bond motifs is 1. The maximum Gasteiger partial charge on any atom is 0.293 e. The Bertz CT molecular complexity index is 1920. The highest BCUT2D eigenvalue weighted by molar-refractivity contribution is 7.95. The van der Waals surface area contributed by atoms with Gasteiger partial charge in [-0.05, 0) is 38.8 Å². The number of anilines is 2. The summed E-state index contributed by atoms with van der Waals surface area (Å²) in [5, 5.41) is 3.28. The molecule has 2 fully saturated rings. The van der Waals surface area contributed by atoms with Gasteiger partial charge in [-0.3, -0.25) is 0 Å². The van der Waals surface area contributed by atoms with E-state index in [1.165, 1.54) is 19.9 Å². The number of nitrogens with zero attached hydrogens (tertiary/aromatic N) is 5. The predicted octanol–water partition coefficient (Wildman–Crippen LogP) is 4.33. The first-order valence-electron chi connectivity index (χ1n) is 12.6. The van der Waals surface area contributed by atoms with Crippen LogP contribution >= 0.6 is 11.3 Å². The molecule has 9 nitrogen and oxygen atoms in total. The minimum atomic E-state index is -4.57. The van der Waals surface area contributed by atoms with Crippen molar-refractivity contribution < 1.29 is 34.4 Å². The summed E-state index contributed by atoms with van der Waals surface area (Å²) in [5.41, 5.74) is -1.01. The van der Waals surface area contributed by atoms with Crippen molar-refractivity contribution in [3.05, 3.63) is 59.8 Å². The molecule has 1 saturated carbocycles. The van der Waals surface area contributed by atoms with E-state index in [0.717, 1.165) is 24.4 Å². The second-order valence-corrected chi connectivity index (χ2v) is 16.2. The summed E-state index contributed by atoms with van der Waals surface area (Å²) >= 11 is 0.530. The van der Waals surface area contributed by atoms with E-state index in [1.807, 2.05) is 0 Å². The maximum absolute atomic E-state index is 15.3. The molecule has 1 saturated heterocycles. The van der Waals surface area contributed by atoms with E-state index in [-0.39, 0.29) is 50.6 Å². The molecule has 4 aromatic rings. The molecule has 0 bridgehead atoms. The number of aromatic nitrogens is 3. The molecule has 2 aliphatic rings. The average Bonchev–Trinajstić information content (AvgIpc) is 3.29. The topological polar surface area (TPSA) is 105 Å². The highest BCUT2D eigenvalue weighted by Gasteiger charge is 2.53. The van der Waals surface area contributed by atoms with Crippen LogP contribution in [0.1, 0.15) is 26.7 Å². The van der Waals surface area contributed by atoms with Crippen LogP contribution in [0.15, 0.2) is 44.9 Å². The van der Waals surface area contributed by atoms with Crippen molar-refractivity contribution in [1.29, 1.82) is 0 Å². The van der Waals surface area contributed by atoms with Crippen LogP contribution in [-0.4, -0.2) is 61.4 Å². The molecule has 0 amide bonds. The Morgan fingerprint density at radius 2 is 1.59 bits per heavy atom. The number of sulfone groups is 1. The molecule has 1 aliphatic heterocycles. The van der Waals surface area contributed by atoms with Gasteiger partial charge in [-0.25, -0.2) is 31.0 Å². The lowest BCUT2D eigenvalue weighted by molar-refractivity contribution is 0.489. The Morgan fingerprint density at radius 3 is 2.24 bits per heavy atom. The molecule has 16 heteroatoms. The van der Waals surface area contributed by atoms with E-state index in [9.17, 15) is 30.0 Å². The van der Waals surface area contributed by atoms with Crippen molar-refractivity contribution in [3.8, 4) is 0 Å². The second-order valence-electron chi connectivity index (χ2n) is 10.4. The van der Waals surface area contributed by atoms with Gasteiger partial charge in [0.25, 0.3) is 10.0 Å². The summed E-state index contributed by atoms with van der Waals surface area (Å²) in [6.45, 7) is 3.51. The zero-order chi connectivity index (χ0) is 29.5. The molecule has 1 aromatic carbocycles. The van der Waals surface area contributed by atoms with Crippen LogP contribution < -0.4 is 9.80 Å². The molecular formula is C25H23F4N5O4S3.